The van der Waals surface area contributed by atoms with Gasteiger partial charge in [0.05, 0.1) is 13.2 Å². The molecule has 2 aromatic rings. The number of ether oxygens (including phenoxy) is 1. The van der Waals surface area contributed by atoms with Crippen molar-refractivity contribution in [3.63, 3.8) is 0 Å². The van der Waals surface area contributed by atoms with Crippen molar-refractivity contribution in [2.45, 2.75) is 0 Å². The number of benzene rings is 2. The van der Waals surface area contributed by atoms with Crippen LogP contribution in [0, 0.1) is 0 Å². The molecule has 0 N–H and O–H groups in total. The van der Waals surface area contributed by atoms with E-state index in [4.69, 9.17) is 4.74 Å². The molecule has 0 amide bonds. The van der Waals surface area contributed by atoms with Crippen LogP contribution in [0.15, 0.2) is 66.7 Å². The zero-order valence-corrected chi connectivity index (χ0v) is 11.9. The molecule has 0 heterocycles. The van der Waals surface area contributed by atoms with E-state index >= 15 is 0 Å². The van der Waals surface area contributed by atoms with Gasteiger partial charge in [0.15, 0.2) is 0 Å². The SMILES string of the molecule is CN(CCOCC=Cc1ccccc1)c1ccccc1. The molecule has 0 aliphatic rings. The van der Waals surface area contributed by atoms with Crippen molar-refractivity contribution in [3.05, 3.63) is 72.3 Å². The topological polar surface area (TPSA) is 12.5 Å². The van der Waals surface area contributed by atoms with Crippen LogP contribution in [-0.2, 0) is 4.74 Å². The van der Waals surface area contributed by atoms with Crippen molar-refractivity contribution >= 4 is 11.8 Å². The van der Waals surface area contributed by atoms with E-state index in [1.54, 1.807) is 0 Å². The number of rotatable bonds is 7. The maximum atomic E-state index is 5.62. The van der Waals surface area contributed by atoms with E-state index in [0.29, 0.717) is 6.61 Å². The Hall–Kier alpha value is -2.06. The van der Waals surface area contributed by atoms with Crippen LogP contribution in [-0.4, -0.2) is 26.8 Å². The minimum Gasteiger partial charge on any atom is -0.376 e. The quantitative estimate of drug-likeness (QED) is 0.706. The lowest BCUT2D eigenvalue weighted by atomic mass is 10.2. The Morgan fingerprint density at radius 3 is 2.30 bits per heavy atom. The highest BCUT2D eigenvalue weighted by molar-refractivity contribution is 5.48. The van der Waals surface area contributed by atoms with E-state index in [1.807, 2.05) is 24.3 Å². The lowest BCUT2D eigenvalue weighted by Gasteiger charge is -2.18. The standard InChI is InChI=1S/C18H21NO/c1-19(18-12-6-3-7-13-18)14-16-20-15-8-11-17-9-4-2-5-10-17/h2-13H,14-16H2,1H3. The van der Waals surface area contributed by atoms with Crippen LogP contribution in [0.3, 0.4) is 0 Å². The lowest BCUT2D eigenvalue weighted by molar-refractivity contribution is 0.170. The smallest absolute Gasteiger partial charge is 0.0651 e. The molecular formula is C18H21NO. The summed E-state index contributed by atoms with van der Waals surface area (Å²) in [6.45, 7) is 2.27. The fourth-order valence-corrected chi connectivity index (χ4v) is 1.91. The predicted molar refractivity (Wildman–Crippen MR) is 86.0 cm³/mol. The zero-order valence-electron chi connectivity index (χ0n) is 11.9. The van der Waals surface area contributed by atoms with Crippen LogP contribution in [0.25, 0.3) is 6.08 Å². The van der Waals surface area contributed by atoms with Gasteiger partial charge >= 0.3 is 0 Å². The molecule has 0 saturated carbocycles. The first kappa shape index (κ1) is 14.4. The van der Waals surface area contributed by atoms with Gasteiger partial charge < -0.3 is 9.64 Å². The average molecular weight is 267 g/mol. The Kier molecular flexibility index (Phi) is 5.87. The summed E-state index contributed by atoms with van der Waals surface area (Å²) in [5, 5.41) is 0. The van der Waals surface area contributed by atoms with Crippen LogP contribution in [0.2, 0.25) is 0 Å². The molecule has 2 rings (SSSR count). The van der Waals surface area contributed by atoms with Gasteiger partial charge in [0, 0.05) is 19.3 Å². The number of anilines is 1. The van der Waals surface area contributed by atoms with Gasteiger partial charge in [-0.15, -0.1) is 0 Å². The monoisotopic (exact) mass is 267 g/mol. The van der Waals surface area contributed by atoms with Crippen molar-refractivity contribution in [1.29, 1.82) is 0 Å². The fraction of sp³-hybridized carbons (Fsp3) is 0.222. The minimum atomic E-state index is 0.650. The molecule has 0 radical (unpaired) electrons. The molecule has 2 heteroatoms. The second kappa shape index (κ2) is 8.18. The van der Waals surface area contributed by atoms with Crippen LogP contribution >= 0.6 is 0 Å². The Morgan fingerprint density at radius 1 is 0.950 bits per heavy atom. The molecule has 2 nitrogen and oxygen atoms in total. The molecule has 2 aromatic carbocycles. The van der Waals surface area contributed by atoms with Gasteiger partial charge in [0.25, 0.3) is 0 Å². The summed E-state index contributed by atoms with van der Waals surface area (Å²) in [6, 6.07) is 20.6. The van der Waals surface area contributed by atoms with Crippen molar-refractivity contribution < 1.29 is 4.74 Å². The molecule has 0 saturated heterocycles. The van der Waals surface area contributed by atoms with Crippen molar-refractivity contribution in [2.24, 2.45) is 0 Å². The first-order chi connectivity index (χ1) is 9.86. The first-order valence-corrected chi connectivity index (χ1v) is 6.92. The van der Waals surface area contributed by atoms with Crippen LogP contribution < -0.4 is 4.90 Å². The van der Waals surface area contributed by atoms with E-state index in [2.05, 4.69) is 60.5 Å². The number of hydrogen-bond donors (Lipinski definition) is 0. The third-order valence-electron chi connectivity index (χ3n) is 3.09. The molecule has 0 atom stereocenters. The van der Waals surface area contributed by atoms with E-state index in [1.165, 1.54) is 11.3 Å². The second-order valence-electron chi connectivity index (χ2n) is 4.65. The van der Waals surface area contributed by atoms with Gasteiger partial charge in [-0.25, -0.2) is 0 Å². The summed E-state index contributed by atoms with van der Waals surface area (Å²) in [4.78, 5) is 2.20. The number of likely N-dealkylation sites (N-methyl/N-ethyl adjacent to an activating group) is 1. The van der Waals surface area contributed by atoms with Gasteiger partial charge in [-0.2, -0.15) is 0 Å². The Bertz CT molecular complexity index is 507. The molecule has 20 heavy (non-hydrogen) atoms. The first-order valence-electron chi connectivity index (χ1n) is 6.92. The molecule has 0 aliphatic heterocycles. The van der Waals surface area contributed by atoms with Crippen LogP contribution in [0.5, 0.6) is 0 Å². The Morgan fingerprint density at radius 2 is 1.60 bits per heavy atom. The fourth-order valence-electron chi connectivity index (χ4n) is 1.91. The van der Waals surface area contributed by atoms with E-state index in [0.717, 1.165) is 13.2 Å². The van der Waals surface area contributed by atoms with E-state index in [-0.39, 0.29) is 0 Å². The normalized spacial score (nSPS) is 10.8. The highest BCUT2D eigenvalue weighted by atomic mass is 16.5. The van der Waals surface area contributed by atoms with E-state index < -0.39 is 0 Å². The summed E-state index contributed by atoms with van der Waals surface area (Å²) < 4.78 is 5.62. The largest absolute Gasteiger partial charge is 0.376 e. The number of para-hydroxylation sites is 1. The summed E-state index contributed by atoms with van der Waals surface area (Å²) >= 11 is 0. The minimum absolute atomic E-state index is 0.650. The summed E-state index contributed by atoms with van der Waals surface area (Å²) in [5.41, 5.74) is 2.42. The molecule has 0 bridgehead atoms. The van der Waals surface area contributed by atoms with Gasteiger partial charge in [-0.3, -0.25) is 0 Å². The van der Waals surface area contributed by atoms with Gasteiger partial charge in [-0.05, 0) is 17.7 Å². The van der Waals surface area contributed by atoms with E-state index in [9.17, 15) is 0 Å². The molecule has 0 aliphatic carbocycles. The number of hydrogen-bond acceptors (Lipinski definition) is 2. The predicted octanol–water partition coefficient (Wildman–Crippen LogP) is 3.85. The highest BCUT2D eigenvalue weighted by Gasteiger charge is 1.98. The van der Waals surface area contributed by atoms with Gasteiger partial charge in [-0.1, -0.05) is 60.7 Å². The molecule has 104 valence electrons. The highest BCUT2D eigenvalue weighted by Crippen LogP contribution is 2.10. The van der Waals surface area contributed by atoms with Crippen LogP contribution in [0.1, 0.15) is 5.56 Å². The Labute approximate surface area is 121 Å². The molecule has 0 aromatic heterocycles. The summed E-state index contributed by atoms with van der Waals surface area (Å²) in [5.74, 6) is 0. The van der Waals surface area contributed by atoms with Crippen molar-refractivity contribution in [3.8, 4) is 0 Å². The lowest BCUT2D eigenvalue weighted by Crippen LogP contribution is -2.22. The number of nitrogens with zero attached hydrogens (tertiary/aromatic N) is 1. The molecule has 0 unspecified atom stereocenters. The van der Waals surface area contributed by atoms with Gasteiger partial charge in [0.1, 0.15) is 0 Å². The third-order valence-corrected chi connectivity index (χ3v) is 3.09. The summed E-state index contributed by atoms with van der Waals surface area (Å²) in [6.07, 6.45) is 4.14. The average Bonchev–Trinajstić information content (AvgIpc) is 2.52. The second-order valence-corrected chi connectivity index (χ2v) is 4.65. The molecule has 0 fully saturated rings. The molecular weight excluding hydrogens is 246 g/mol. The third kappa shape index (κ3) is 4.90. The van der Waals surface area contributed by atoms with Crippen molar-refractivity contribution in [2.75, 3.05) is 31.7 Å². The summed E-state index contributed by atoms with van der Waals surface area (Å²) in [7, 11) is 2.08. The Balaban J connectivity index is 1.63. The van der Waals surface area contributed by atoms with Crippen molar-refractivity contribution in [1.82, 2.24) is 0 Å². The molecule has 0 spiro atoms. The maximum absolute atomic E-state index is 5.62. The maximum Gasteiger partial charge on any atom is 0.0651 e. The van der Waals surface area contributed by atoms with Gasteiger partial charge in [0.2, 0.25) is 0 Å². The van der Waals surface area contributed by atoms with Crippen LogP contribution in [0.4, 0.5) is 5.69 Å². The zero-order chi connectivity index (χ0) is 14.0.